The number of carbonyl (C=O) groups is 1. The van der Waals surface area contributed by atoms with Crippen molar-refractivity contribution in [2.75, 3.05) is 13.7 Å². The van der Waals surface area contributed by atoms with Crippen LogP contribution in [0.4, 0.5) is 0 Å². The highest BCUT2D eigenvalue weighted by atomic mass is 16.5. The van der Waals surface area contributed by atoms with Gasteiger partial charge in [-0.25, -0.2) is 10.7 Å². The number of carbonyl (C=O) groups excluding carboxylic acids is 1. The molecule has 0 atom stereocenters. The van der Waals surface area contributed by atoms with Crippen molar-refractivity contribution in [3.8, 4) is 17.9 Å². The molecule has 0 aliphatic carbocycles. The van der Waals surface area contributed by atoms with Gasteiger partial charge >= 0.3 is 5.97 Å². The molecule has 0 saturated carbocycles. The Bertz CT molecular complexity index is 799. The Kier molecular flexibility index (Phi) is 7.24. The van der Waals surface area contributed by atoms with Gasteiger partial charge in [-0.1, -0.05) is 18.2 Å². The number of ether oxygens (including phenoxy) is 2. The molecule has 1 rings (SSSR count). The maximum atomic E-state index is 11.6. The molecule has 1 aromatic carbocycles. The molecule has 0 radical (unpaired) electrons. The van der Waals surface area contributed by atoms with Crippen LogP contribution in [0.3, 0.4) is 0 Å². The topological polar surface area (TPSA) is 105 Å². The first kappa shape index (κ1) is 18.4. The molecule has 0 amide bonds. The standard InChI is InChI=1S/C18H14N3O3/c1-3-24-18(22)14(10-19)6-9-17(15(11-20)12-21)13-4-7-16(23-2)8-5-13/h4-9H,3H2,1-2H3/q-1. The largest absolute Gasteiger partial charge is 0.762 e. The van der Waals surface area contributed by atoms with E-state index >= 15 is 0 Å². The first-order chi connectivity index (χ1) is 11.6. The van der Waals surface area contributed by atoms with E-state index in [1.54, 1.807) is 49.2 Å². The van der Waals surface area contributed by atoms with Gasteiger partial charge in [0.2, 0.25) is 0 Å². The van der Waals surface area contributed by atoms with Crippen molar-refractivity contribution in [3.05, 3.63) is 58.5 Å². The van der Waals surface area contributed by atoms with E-state index in [1.807, 2.05) is 0 Å². The van der Waals surface area contributed by atoms with Gasteiger partial charge in [0.25, 0.3) is 0 Å². The second kappa shape index (κ2) is 9.42. The maximum absolute atomic E-state index is 11.6. The molecule has 0 N–H and O–H groups in total. The third kappa shape index (κ3) is 4.71. The van der Waals surface area contributed by atoms with Gasteiger partial charge in [-0.05, 0) is 30.7 Å². The molecule has 0 fully saturated rings. The number of esters is 1. The number of benzene rings is 1. The summed E-state index contributed by atoms with van der Waals surface area (Å²) in [7, 11) is 1.52. The van der Waals surface area contributed by atoms with Gasteiger partial charge in [-0.3, -0.25) is 0 Å². The number of nitrogens with zero attached hydrogens (tertiary/aromatic N) is 3. The van der Waals surface area contributed by atoms with Crippen molar-refractivity contribution in [1.29, 1.82) is 10.5 Å². The Hall–Kier alpha value is -3.60. The lowest BCUT2D eigenvalue weighted by Crippen LogP contribution is -2.05. The van der Waals surface area contributed by atoms with E-state index < -0.39 is 5.97 Å². The first-order valence-electron chi connectivity index (χ1n) is 6.92. The highest BCUT2D eigenvalue weighted by Crippen LogP contribution is 2.24. The Morgan fingerprint density at radius 3 is 2.33 bits per heavy atom. The van der Waals surface area contributed by atoms with Crippen LogP contribution >= 0.6 is 0 Å². The average Bonchev–Trinajstić information content (AvgIpc) is 2.62. The minimum Gasteiger partial charge on any atom is -0.762 e. The number of methoxy groups -OCH3 is 1. The predicted molar refractivity (Wildman–Crippen MR) is 88.8 cm³/mol. The minimum absolute atomic E-state index is 0.140. The zero-order valence-corrected chi connectivity index (χ0v) is 13.2. The maximum Gasteiger partial charge on any atom is 0.348 e. The second-order valence-corrected chi connectivity index (χ2v) is 4.32. The molecule has 0 spiro atoms. The molecule has 1 aromatic rings. The smallest absolute Gasteiger partial charge is 0.348 e. The van der Waals surface area contributed by atoms with Gasteiger partial charge in [0.1, 0.15) is 23.5 Å². The van der Waals surface area contributed by atoms with Gasteiger partial charge < -0.3 is 14.9 Å². The minimum atomic E-state index is -0.763. The van der Waals surface area contributed by atoms with Crippen LogP contribution in [0.5, 0.6) is 5.75 Å². The van der Waals surface area contributed by atoms with Crippen LogP contribution < -0.4 is 4.74 Å². The van der Waals surface area contributed by atoms with Crippen molar-refractivity contribution >= 4 is 17.4 Å². The van der Waals surface area contributed by atoms with E-state index in [2.05, 4.69) is 0 Å². The van der Waals surface area contributed by atoms with Gasteiger partial charge in [0, 0.05) is 5.57 Å². The van der Waals surface area contributed by atoms with Crippen LogP contribution in [0.2, 0.25) is 0 Å². The Labute approximate surface area is 140 Å². The predicted octanol–water partition coefficient (Wildman–Crippen LogP) is 2.78. The van der Waals surface area contributed by atoms with Gasteiger partial charge in [-0.2, -0.15) is 10.5 Å². The molecule has 120 valence electrons. The van der Waals surface area contributed by atoms with Crippen molar-refractivity contribution in [2.45, 2.75) is 6.92 Å². The summed E-state index contributed by atoms with van der Waals surface area (Å²) in [6.07, 6.45) is 2.60. The van der Waals surface area contributed by atoms with Crippen LogP contribution in [0, 0.1) is 22.7 Å². The molecule has 0 unspecified atom stereocenters. The zero-order valence-electron chi connectivity index (χ0n) is 13.2. The number of rotatable bonds is 6. The molecule has 24 heavy (non-hydrogen) atoms. The second-order valence-electron chi connectivity index (χ2n) is 4.32. The molecule has 0 heterocycles. The Morgan fingerprint density at radius 2 is 1.88 bits per heavy atom. The molecular weight excluding hydrogens is 306 g/mol. The third-order valence-corrected chi connectivity index (χ3v) is 2.93. The fraction of sp³-hybridized carbons (Fsp3) is 0.167. The molecule has 0 bridgehead atoms. The normalized spacial score (nSPS) is 10.8. The fourth-order valence-corrected chi connectivity index (χ4v) is 1.77. The highest BCUT2D eigenvalue weighted by Gasteiger charge is 2.10. The van der Waals surface area contributed by atoms with Crippen LogP contribution in [-0.2, 0) is 9.53 Å². The summed E-state index contributed by atoms with van der Waals surface area (Å²) in [6, 6.07) is 10.2. The summed E-state index contributed by atoms with van der Waals surface area (Å²) >= 11 is 0. The SMILES string of the molecule is CCOC(=O)C(C#N)=CC=C(C(=C=[N-])C#N)c1ccc(OC)cc1. The summed E-state index contributed by atoms with van der Waals surface area (Å²) < 4.78 is 9.83. The number of hydrogen-bond acceptors (Lipinski definition) is 5. The number of allylic oxidation sites excluding steroid dienone is 4. The quantitative estimate of drug-likeness (QED) is 0.263. The molecular formula is C18H14N3O3-. The number of hydrogen-bond donors (Lipinski definition) is 0. The summed E-state index contributed by atoms with van der Waals surface area (Å²) in [5, 5.41) is 27.3. The lowest BCUT2D eigenvalue weighted by atomic mass is 9.98. The van der Waals surface area contributed by atoms with Crippen molar-refractivity contribution < 1.29 is 14.3 Å². The van der Waals surface area contributed by atoms with Gasteiger partial charge in [0.05, 0.1) is 19.3 Å². The number of nitriles is 2. The van der Waals surface area contributed by atoms with Crippen LogP contribution in [-0.4, -0.2) is 25.6 Å². The van der Waals surface area contributed by atoms with Crippen molar-refractivity contribution in [1.82, 2.24) is 0 Å². The lowest BCUT2D eigenvalue weighted by Gasteiger charge is -2.07. The fourth-order valence-electron chi connectivity index (χ4n) is 1.77. The monoisotopic (exact) mass is 320 g/mol. The van der Waals surface area contributed by atoms with Crippen molar-refractivity contribution in [3.63, 3.8) is 0 Å². The van der Waals surface area contributed by atoms with Crippen molar-refractivity contribution in [2.24, 2.45) is 0 Å². The zero-order chi connectivity index (χ0) is 17.9. The van der Waals surface area contributed by atoms with E-state index in [-0.39, 0.29) is 17.8 Å². The van der Waals surface area contributed by atoms with Gasteiger partial charge in [-0.15, -0.1) is 0 Å². The van der Waals surface area contributed by atoms with E-state index in [4.69, 9.17) is 25.4 Å². The molecule has 6 nitrogen and oxygen atoms in total. The summed E-state index contributed by atoms with van der Waals surface area (Å²) in [5.74, 6) is 1.66. The highest BCUT2D eigenvalue weighted by molar-refractivity contribution is 5.96. The third-order valence-electron chi connectivity index (χ3n) is 2.93. The lowest BCUT2D eigenvalue weighted by molar-refractivity contribution is -0.138. The van der Waals surface area contributed by atoms with E-state index in [0.717, 1.165) is 0 Å². The average molecular weight is 320 g/mol. The Balaban J connectivity index is 3.38. The van der Waals surface area contributed by atoms with Crippen LogP contribution in [0.1, 0.15) is 12.5 Å². The molecule has 0 aliphatic rings. The van der Waals surface area contributed by atoms with Gasteiger partial charge in [0.15, 0.2) is 0 Å². The Morgan fingerprint density at radius 1 is 1.21 bits per heavy atom. The van der Waals surface area contributed by atoms with E-state index in [9.17, 15) is 4.79 Å². The first-order valence-corrected chi connectivity index (χ1v) is 6.92. The molecule has 0 saturated heterocycles. The van der Waals surface area contributed by atoms with Crippen LogP contribution in [0.15, 0.2) is 47.6 Å². The molecule has 0 aromatic heterocycles. The molecule has 6 heteroatoms. The van der Waals surface area contributed by atoms with E-state index in [0.29, 0.717) is 16.9 Å². The summed E-state index contributed by atoms with van der Waals surface area (Å²) in [5.41, 5.74) is 0.502. The molecule has 0 aliphatic heterocycles. The van der Waals surface area contributed by atoms with Crippen LogP contribution in [0.25, 0.3) is 11.0 Å². The summed E-state index contributed by atoms with van der Waals surface area (Å²) in [6.45, 7) is 1.77. The summed E-state index contributed by atoms with van der Waals surface area (Å²) in [4.78, 5) is 11.6. The van der Waals surface area contributed by atoms with E-state index in [1.165, 1.54) is 19.3 Å².